The molecular weight excluding hydrogens is 207 g/mol. The summed E-state index contributed by atoms with van der Waals surface area (Å²) in [6.07, 6.45) is 3.42. The summed E-state index contributed by atoms with van der Waals surface area (Å²) in [4.78, 5) is 11.7. The van der Waals surface area contributed by atoms with Crippen LogP contribution < -0.4 is 10.1 Å². The number of hydrogen-bond donors (Lipinski definition) is 1. The first-order valence-corrected chi connectivity index (χ1v) is 4.79. The van der Waals surface area contributed by atoms with Crippen molar-refractivity contribution in [2.75, 3.05) is 5.43 Å². The molecule has 0 spiro atoms. The Kier molecular flexibility index (Phi) is 2.91. The fourth-order valence-electron chi connectivity index (χ4n) is 1.26. The van der Waals surface area contributed by atoms with E-state index in [-0.39, 0.29) is 11.7 Å². The molecule has 2 rings (SSSR count). The number of pyridine rings is 1. The highest BCUT2D eigenvalue weighted by Gasteiger charge is 2.09. The molecule has 1 aromatic carbocycles. The van der Waals surface area contributed by atoms with Crippen molar-refractivity contribution in [3.05, 3.63) is 66.2 Å². The van der Waals surface area contributed by atoms with Crippen molar-refractivity contribution < 1.29 is 13.9 Å². The van der Waals surface area contributed by atoms with Gasteiger partial charge < -0.3 is 0 Å². The van der Waals surface area contributed by atoms with E-state index in [0.717, 1.165) is 0 Å². The first-order chi connectivity index (χ1) is 7.75. The van der Waals surface area contributed by atoms with E-state index in [9.17, 15) is 9.18 Å². The van der Waals surface area contributed by atoms with Crippen LogP contribution in [0, 0.1) is 5.82 Å². The lowest BCUT2D eigenvalue weighted by Gasteiger charge is -1.99. The zero-order chi connectivity index (χ0) is 11.4. The lowest BCUT2D eigenvalue weighted by molar-refractivity contribution is -0.641. The lowest BCUT2D eigenvalue weighted by Crippen LogP contribution is -2.47. The second-order valence-corrected chi connectivity index (χ2v) is 3.23. The highest BCUT2D eigenvalue weighted by Crippen LogP contribution is 2.02. The quantitative estimate of drug-likeness (QED) is 0.760. The van der Waals surface area contributed by atoms with Crippen molar-refractivity contribution in [2.24, 2.45) is 0 Å². The second kappa shape index (κ2) is 4.53. The number of rotatable bonds is 2. The standard InChI is InChI=1S/C12H9FN2O/c13-11-6-4-10(5-7-11)12(16)14-15-8-2-1-3-9-15/h1-9H/p+1. The third kappa shape index (κ3) is 2.42. The summed E-state index contributed by atoms with van der Waals surface area (Å²) in [7, 11) is 0. The summed E-state index contributed by atoms with van der Waals surface area (Å²) in [5.74, 6) is -0.639. The van der Waals surface area contributed by atoms with Gasteiger partial charge in [0.15, 0.2) is 12.4 Å². The monoisotopic (exact) mass is 217 g/mol. The molecule has 4 heteroatoms. The van der Waals surface area contributed by atoms with E-state index in [0.29, 0.717) is 5.56 Å². The van der Waals surface area contributed by atoms with Gasteiger partial charge in [0, 0.05) is 17.7 Å². The predicted molar refractivity (Wildman–Crippen MR) is 56.7 cm³/mol. The molecular formula is C12H10FN2O+. The summed E-state index contributed by atoms with van der Waals surface area (Å²) >= 11 is 0. The third-order valence-corrected chi connectivity index (χ3v) is 2.05. The van der Waals surface area contributed by atoms with Crippen LogP contribution in [0.1, 0.15) is 10.4 Å². The molecule has 0 fully saturated rings. The summed E-state index contributed by atoms with van der Waals surface area (Å²) in [6, 6.07) is 10.8. The van der Waals surface area contributed by atoms with Gasteiger partial charge in [-0.25, -0.2) is 4.39 Å². The molecule has 0 atom stereocenters. The summed E-state index contributed by atoms with van der Waals surface area (Å²) in [5, 5.41) is 0. The maximum atomic E-state index is 12.6. The van der Waals surface area contributed by atoms with Crippen molar-refractivity contribution in [1.82, 2.24) is 0 Å². The number of halogens is 1. The van der Waals surface area contributed by atoms with Gasteiger partial charge in [-0.15, -0.1) is 5.43 Å². The molecule has 3 nitrogen and oxygen atoms in total. The van der Waals surface area contributed by atoms with Crippen molar-refractivity contribution in [3.8, 4) is 0 Å². The van der Waals surface area contributed by atoms with E-state index in [1.807, 2.05) is 6.07 Å². The fraction of sp³-hybridized carbons (Fsp3) is 0. The van der Waals surface area contributed by atoms with Crippen LogP contribution in [0.15, 0.2) is 54.9 Å². The molecule has 80 valence electrons. The molecule has 0 bridgehead atoms. The van der Waals surface area contributed by atoms with Gasteiger partial charge in [0.1, 0.15) is 5.82 Å². The van der Waals surface area contributed by atoms with Crippen molar-refractivity contribution in [2.45, 2.75) is 0 Å². The molecule has 0 unspecified atom stereocenters. The number of nitrogens with one attached hydrogen (secondary N) is 1. The van der Waals surface area contributed by atoms with Crippen LogP contribution in [0.3, 0.4) is 0 Å². The van der Waals surface area contributed by atoms with E-state index in [1.54, 1.807) is 24.5 Å². The zero-order valence-corrected chi connectivity index (χ0v) is 8.43. The first-order valence-electron chi connectivity index (χ1n) is 4.79. The second-order valence-electron chi connectivity index (χ2n) is 3.23. The van der Waals surface area contributed by atoms with Crippen LogP contribution in [0.5, 0.6) is 0 Å². The van der Waals surface area contributed by atoms with Crippen molar-refractivity contribution in [3.63, 3.8) is 0 Å². The number of aromatic nitrogens is 1. The average Bonchev–Trinajstić information content (AvgIpc) is 2.31. The largest absolute Gasteiger partial charge is 0.305 e. The van der Waals surface area contributed by atoms with Gasteiger partial charge in [0.25, 0.3) is 0 Å². The molecule has 2 aromatic rings. The molecule has 0 saturated carbocycles. The van der Waals surface area contributed by atoms with Crippen LogP contribution >= 0.6 is 0 Å². The SMILES string of the molecule is O=C(N[n+]1ccccc1)c1ccc(F)cc1. The van der Waals surface area contributed by atoms with E-state index >= 15 is 0 Å². The Morgan fingerprint density at radius 1 is 1.06 bits per heavy atom. The maximum Gasteiger partial charge on any atom is 0.305 e. The number of carbonyl (C=O) groups is 1. The highest BCUT2D eigenvalue weighted by molar-refractivity contribution is 5.98. The minimum absolute atomic E-state index is 0.281. The van der Waals surface area contributed by atoms with Gasteiger partial charge in [0.05, 0.1) is 0 Å². The number of carbonyl (C=O) groups excluding carboxylic acids is 1. The summed E-state index contributed by atoms with van der Waals surface area (Å²) in [6.45, 7) is 0. The van der Waals surface area contributed by atoms with Gasteiger partial charge in [-0.2, -0.15) is 0 Å². The number of nitrogens with zero attached hydrogens (tertiary/aromatic N) is 1. The normalized spacial score (nSPS) is 9.81. The molecule has 0 aliphatic heterocycles. The van der Waals surface area contributed by atoms with E-state index in [4.69, 9.17) is 0 Å². The van der Waals surface area contributed by atoms with Crippen LogP contribution in [-0.4, -0.2) is 5.91 Å². The smallest absolute Gasteiger partial charge is 0.264 e. The van der Waals surface area contributed by atoms with Crippen LogP contribution in [0.2, 0.25) is 0 Å². The topological polar surface area (TPSA) is 33.0 Å². The third-order valence-electron chi connectivity index (χ3n) is 2.05. The van der Waals surface area contributed by atoms with Crippen molar-refractivity contribution in [1.29, 1.82) is 0 Å². The predicted octanol–water partition coefficient (Wildman–Crippen LogP) is 1.50. The Labute approximate surface area is 92.1 Å². The van der Waals surface area contributed by atoms with Gasteiger partial charge in [0.2, 0.25) is 0 Å². The van der Waals surface area contributed by atoms with Crippen LogP contribution in [0.25, 0.3) is 0 Å². The molecule has 0 radical (unpaired) electrons. The van der Waals surface area contributed by atoms with Crippen molar-refractivity contribution >= 4 is 5.91 Å². The van der Waals surface area contributed by atoms with Gasteiger partial charge in [-0.1, -0.05) is 10.7 Å². The fourth-order valence-corrected chi connectivity index (χ4v) is 1.26. The molecule has 0 saturated heterocycles. The molecule has 1 aromatic heterocycles. The zero-order valence-electron chi connectivity index (χ0n) is 8.43. The molecule has 0 aliphatic carbocycles. The van der Waals surface area contributed by atoms with E-state index < -0.39 is 0 Å². The number of benzene rings is 1. The lowest BCUT2D eigenvalue weighted by atomic mass is 10.2. The molecule has 1 heterocycles. The minimum atomic E-state index is -0.357. The van der Waals surface area contributed by atoms with Crippen LogP contribution in [0.4, 0.5) is 4.39 Å². The maximum absolute atomic E-state index is 12.6. The molecule has 1 N–H and O–H groups in total. The average molecular weight is 217 g/mol. The molecule has 0 aliphatic rings. The summed E-state index contributed by atoms with van der Waals surface area (Å²) in [5.41, 5.74) is 3.05. The Morgan fingerprint density at radius 2 is 1.69 bits per heavy atom. The van der Waals surface area contributed by atoms with Gasteiger partial charge >= 0.3 is 5.91 Å². The molecule has 1 amide bonds. The Bertz CT molecular complexity index is 482. The van der Waals surface area contributed by atoms with Crippen LogP contribution in [-0.2, 0) is 0 Å². The number of hydrogen-bond acceptors (Lipinski definition) is 1. The Hall–Kier alpha value is -2.23. The Balaban J connectivity index is 2.12. The number of amides is 1. The van der Waals surface area contributed by atoms with E-state index in [2.05, 4.69) is 5.43 Å². The Morgan fingerprint density at radius 3 is 2.31 bits per heavy atom. The highest BCUT2D eigenvalue weighted by atomic mass is 19.1. The van der Waals surface area contributed by atoms with Gasteiger partial charge in [-0.05, 0) is 24.3 Å². The minimum Gasteiger partial charge on any atom is -0.264 e. The van der Waals surface area contributed by atoms with E-state index in [1.165, 1.54) is 28.9 Å². The summed E-state index contributed by atoms with van der Waals surface area (Å²) < 4.78 is 14.2. The molecule has 16 heavy (non-hydrogen) atoms. The van der Waals surface area contributed by atoms with Gasteiger partial charge in [-0.3, -0.25) is 4.79 Å². The first kappa shape index (κ1) is 10.3.